The smallest absolute Gasteiger partial charge is 0.274 e. The highest BCUT2D eigenvalue weighted by molar-refractivity contribution is 6.31. The summed E-state index contributed by atoms with van der Waals surface area (Å²) in [6.45, 7) is 3.53. The summed E-state index contributed by atoms with van der Waals surface area (Å²) in [5.74, 6) is -0.401. The van der Waals surface area contributed by atoms with Crippen LogP contribution in [0.15, 0.2) is 36.4 Å². The molecule has 0 saturated carbocycles. The van der Waals surface area contributed by atoms with Crippen LogP contribution in [0.4, 0.5) is 15.8 Å². The van der Waals surface area contributed by atoms with Crippen LogP contribution in [0.5, 0.6) is 0 Å². The average molecular weight is 309 g/mol. The van der Waals surface area contributed by atoms with E-state index < -0.39 is 10.7 Å². The fourth-order valence-electron chi connectivity index (χ4n) is 2.08. The number of anilines is 1. The van der Waals surface area contributed by atoms with Crippen molar-refractivity contribution in [2.75, 3.05) is 5.32 Å². The SMILES string of the molecule is Cc1ccc(NC(C)c2ccc(F)cc2Cl)cc1[N+](=O)[O-]. The Morgan fingerprint density at radius 1 is 1.29 bits per heavy atom. The molecule has 1 unspecified atom stereocenters. The molecular formula is C15H14ClFN2O2. The maximum absolute atomic E-state index is 13.0. The first-order valence-electron chi connectivity index (χ1n) is 6.35. The number of nitrogens with one attached hydrogen (secondary N) is 1. The summed E-state index contributed by atoms with van der Waals surface area (Å²) in [6, 6.07) is 8.88. The zero-order valence-electron chi connectivity index (χ0n) is 11.6. The number of aryl methyl sites for hydroxylation is 1. The van der Waals surface area contributed by atoms with Gasteiger partial charge < -0.3 is 5.32 Å². The maximum Gasteiger partial charge on any atom is 0.274 e. The van der Waals surface area contributed by atoms with Crippen LogP contribution in [0, 0.1) is 22.9 Å². The van der Waals surface area contributed by atoms with E-state index in [1.54, 1.807) is 25.1 Å². The molecule has 0 bridgehead atoms. The van der Waals surface area contributed by atoms with Crippen LogP contribution in [0.25, 0.3) is 0 Å². The third-order valence-electron chi connectivity index (χ3n) is 3.22. The molecule has 110 valence electrons. The largest absolute Gasteiger partial charge is 0.378 e. The Balaban J connectivity index is 2.25. The predicted molar refractivity (Wildman–Crippen MR) is 81.3 cm³/mol. The number of nitro groups is 1. The Labute approximate surface area is 126 Å². The zero-order chi connectivity index (χ0) is 15.6. The molecule has 2 rings (SSSR count). The molecule has 0 spiro atoms. The Bertz CT molecular complexity index is 691. The van der Waals surface area contributed by atoms with E-state index in [0.717, 1.165) is 5.56 Å². The number of rotatable bonds is 4. The van der Waals surface area contributed by atoms with Crippen molar-refractivity contribution >= 4 is 23.0 Å². The van der Waals surface area contributed by atoms with E-state index in [1.807, 2.05) is 6.92 Å². The zero-order valence-corrected chi connectivity index (χ0v) is 12.3. The first-order valence-corrected chi connectivity index (χ1v) is 6.73. The molecule has 1 N–H and O–H groups in total. The van der Waals surface area contributed by atoms with Gasteiger partial charge in [-0.05, 0) is 37.6 Å². The monoisotopic (exact) mass is 308 g/mol. The van der Waals surface area contributed by atoms with Crippen LogP contribution in [-0.4, -0.2) is 4.92 Å². The lowest BCUT2D eigenvalue weighted by atomic mass is 10.1. The minimum Gasteiger partial charge on any atom is -0.378 e. The van der Waals surface area contributed by atoms with Gasteiger partial charge in [-0.3, -0.25) is 10.1 Å². The summed E-state index contributed by atoms with van der Waals surface area (Å²) in [7, 11) is 0. The summed E-state index contributed by atoms with van der Waals surface area (Å²) < 4.78 is 13.0. The van der Waals surface area contributed by atoms with Crippen molar-refractivity contribution in [1.82, 2.24) is 0 Å². The molecule has 0 aliphatic carbocycles. The van der Waals surface area contributed by atoms with Gasteiger partial charge in [-0.2, -0.15) is 0 Å². The maximum atomic E-state index is 13.0. The molecule has 4 nitrogen and oxygen atoms in total. The predicted octanol–water partition coefficient (Wildman–Crippen LogP) is 4.87. The average Bonchev–Trinajstić information content (AvgIpc) is 2.40. The van der Waals surface area contributed by atoms with E-state index in [4.69, 9.17) is 11.6 Å². The third kappa shape index (κ3) is 3.49. The molecule has 0 aromatic heterocycles. The molecule has 1 atom stereocenters. The minimum absolute atomic E-state index is 0.0532. The summed E-state index contributed by atoms with van der Waals surface area (Å²) in [5, 5.41) is 14.4. The van der Waals surface area contributed by atoms with Gasteiger partial charge in [0, 0.05) is 28.4 Å². The van der Waals surface area contributed by atoms with E-state index in [2.05, 4.69) is 5.32 Å². The molecule has 2 aromatic rings. The summed E-state index contributed by atoms with van der Waals surface area (Å²) in [6.07, 6.45) is 0. The van der Waals surface area contributed by atoms with Gasteiger partial charge in [-0.15, -0.1) is 0 Å². The lowest BCUT2D eigenvalue weighted by Crippen LogP contribution is -2.08. The highest BCUT2D eigenvalue weighted by Crippen LogP contribution is 2.29. The standard InChI is InChI=1S/C15H14ClFN2O2/c1-9-3-5-12(8-15(9)19(20)21)18-10(2)13-6-4-11(17)7-14(13)16/h3-8,10,18H,1-2H3. The Hall–Kier alpha value is -2.14. The third-order valence-corrected chi connectivity index (χ3v) is 3.55. The van der Waals surface area contributed by atoms with Gasteiger partial charge in [-0.25, -0.2) is 4.39 Å². The lowest BCUT2D eigenvalue weighted by Gasteiger charge is -2.17. The van der Waals surface area contributed by atoms with Crippen LogP contribution in [-0.2, 0) is 0 Å². The van der Waals surface area contributed by atoms with Gasteiger partial charge >= 0.3 is 0 Å². The Kier molecular flexibility index (Phi) is 4.43. The van der Waals surface area contributed by atoms with Crippen molar-refractivity contribution < 1.29 is 9.31 Å². The van der Waals surface area contributed by atoms with Crippen molar-refractivity contribution in [3.63, 3.8) is 0 Å². The fraction of sp³-hybridized carbons (Fsp3) is 0.200. The van der Waals surface area contributed by atoms with Gasteiger partial charge in [0.05, 0.1) is 4.92 Å². The molecule has 0 aliphatic heterocycles. The van der Waals surface area contributed by atoms with E-state index in [0.29, 0.717) is 16.3 Å². The van der Waals surface area contributed by atoms with E-state index in [1.165, 1.54) is 18.2 Å². The topological polar surface area (TPSA) is 55.2 Å². The molecule has 0 saturated heterocycles. The normalized spacial score (nSPS) is 12.0. The Morgan fingerprint density at radius 2 is 2.00 bits per heavy atom. The number of hydrogen-bond donors (Lipinski definition) is 1. The van der Waals surface area contributed by atoms with E-state index >= 15 is 0 Å². The fourth-order valence-corrected chi connectivity index (χ4v) is 2.41. The van der Waals surface area contributed by atoms with E-state index in [-0.39, 0.29) is 11.7 Å². The molecule has 0 heterocycles. The van der Waals surface area contributed by atoms with E-state index in [9.17, 15) is 14.5 Å². The van der Waals surface area contributed by atoms with Crippen LogP contribution in [0.1, 0.15) is 24.1 Å². The van der Waals surface area contributed by atoms with Crippen LogP contribution < -0.4 is 5.32 Å². The first-order chi connectivity index (χ1) is 9.88. The second-order valence-corrected chi connectivity index (χ2v) is 5.20. The highest BCUT2D eigenvalue weighted by atomic mass is 35.5. The number of halogens is 2. The number of benzene rings is 2. The molecule has 0 aliphatic rings. The first kappa shape index (κ1) is 15.3. The molecule has 0 amide bonds. The molecule has 6 heteroatoms. The number of nitrogens with zero attached hydrogens (tertiary/aromatic N) is 1. The van der Waals surface area contributed by atoms with Gasteiger partial charge in [-0.1, -0.05) is 23.7 Å². The van der Waals surface area contributed by atoms with Gasteiger partial charge in [0.1, 0.15) is 5.82 Å². The van der Waals surface area contributed by atoms with Crippen molar-refractivity contribution in [1.29, 1.82) is 0 Å². The molecular weight excluding hydrogens is 295 g/mol. The number of nitro benzene ring substituents is 1. The van der Waals surface area contributed by atoms with Crippen LogP contribution in [0.2, 0.25) is 5.02 Å². The summed E-state index contributed by atoms with van der Waals surface area (Å²) in [5.41, 5.74) is 1.98. The second-order valence-electron chi connectivity index (χ2n) is 4.79. The molecule has 0 fully saturated rings. The van der Waals surface area contributed by atoms with Crippen molar-refractivity contribution in [2.45, 2.75) is 19.9 Å². The van der Waals surface area contributed by atoms with Gasteiger partial charge in [0.15, 0.2) is 0 Å². The van der Waals surface area contributed by atoms with Gasteiger partial charge in [0.2, 0.25) is 0 Å². The minimum atomic E-state index is -0.421. The van der Waals surface area contributed by atoms with Crippen LogP contribution >= 0.6 is 11.6 Å². The second kappa shape index (κ2) is 6.10. The summed E-state index contributed by atoms with van der Waals surface area (Å²) >= 11 is 6.01. The quantitative estimate of drug-likeness (QED) is 0.647. The summed E-state index contributed by atoms with van der Waals surface area (Å²) in [4.78, 5) is 10.5. The van der Waals surface area contributed by atoms with Gasteiger partial charge in [0.25, 0.3) is 5.69 Å². The van der Waals surface area contributed by atoms with Crippen LogP contribution in [0.3, 0.4) is 0 Å². The van der Waals surface area contributed by atoms with Crippen molar-refractivity contribution in [3.8, 4) is 0 Å². The highest BCUT2D eigenvalue weighted by Gasteiger charge is 2.14. The lowest BCUT2D eigenvalue weighted by molar-refractivity contribution is -0.385. The Morgan fingerprint density at radius 3 is 2.62 bits per heavy atom. The molecule has 2 aromatic carbocycles. The van der Waals surface area contributed by atoms with Crippen molar-refractivity contribution in [3.05, 3.63) is 68.5 Å². The molecule has 0 radical (unpaired) electrons. The van der Waals surface area contributed by atoms with Crippen molar-refractivity contribution in [2.24, 2.45) is 0 Å². The molecule has 21 heavy (non-hydrogen) atoms. The number of hydrogen-bond acceptors (Lipinski definition) is 3.